The topological polar surface area (TPSA) is 63.2 Å². The van der Waals surface area contributed by atoms with E-state index in [1.165, 1.54) is 12.1 Å². The molecule has 4 nitrogen and oxygen atoms in total. The summed E-state index contributed by atoms with van der Waals surface area (Å²) >= 11 is 0. The van der Waals surface area contributed by atoms with Gasteiger partial charge in [0.25, 0.3) is 15.0 Å². The van der Waals surface area contributed by atoms with Gasteiger partial charge in [0, 0.05) is 22.3 Å². The van der Waals surface area contributed by atoms with Crippen molar-refractivity contribution in [2.45, 2.75) is 45.6 Å². The third-order valence-corrected chi connectivity index (χ3v) is 6.38. The Morgan fingerprint density at radius 1 is 1.19 bits per heavy atom. The minimum Gasteiger partial charge on any atom is -0.348 e. The SMILES string of the molecule is Cc1ccc(S(=O)(=O)Cl)cc1C(=O)NC1C(C)(C)C1(C)C. The van der Waals surface area contributed by atoms with E-state index in [1.807, 2.05) is 0 Å². The van der Waals surface area contributed by atoms with Crippen LogP contribution in [0.3, 0.4) is 0 Å². The van der Waals surface area contributed by atoms with Gasteiger partial charge in [-0.1, -0.05) is 33.8 Å². The van der Waals surface area contributed by atoms with E-state index in [-0.39, 0.29) is 27.7 Å². The normalized spacial score (nSPS) is 20.1. The molecule has 0 heterocycles. The summed E-state index contributed by atoms with van der Waals surface area (Å²) in [6.45, 7) is 10.2. The maximum absolute atomic E-state index is 12.4. The van der Waals surface area contributed by atoms with Crippen LogP contribution < -0.4 is 5.32 Å². The zero-order chi connectivity index (χ0) is 16.2. The van der Waals surface area contributed by atoms with Gasteiger partial charge < -0.3 is 5.32 Å². The van der Waals surface area contributed by atoms with Crippen LogP contribution in [0.1, 0.15) is 43.6 Å². The second-order valence-corrected chi connectivity index (χ2v) is 9.33. The molecule has 1 N–H and O–H groups in total. The monoisotopic (exact) mass is 329 g/mol. The maximum atomic E-state index is 12.4. The van der Waals surface area contributed by atoms with Crippen molar-refractivity contribution in [3.63, 3.8) is 0 Å². The summed E-state index contributed by atoms with van der Waals surface area (Å²) in [5, 5.41) is 2.99. The number of hydrogen-bond acceptors (Lipinski definition) is 3. The molecule has 0 aliphatic heterocycles. The van der Waals surface area contributed by atoms with Gasteiger partial charge in [0.2, 0.25) is 0 Å². The Morgan fingerprint density at radius 2 is 1.71 bits per heavy atom. The molecule has 0 saturated heterocycles. The highest BCUT2D eigenvalue weighted by Crippen LogP contribution is 2.62. The number of hydrogen-bond donors (Lipinski definition) is 1. The predicted octanol–water partition coefficient (Wildman–Crippen LogP) is 3.09. The highest BCUT2D eigenvalue weighted by Gasteiger charge is 2.65. The molecule has 1 aliphatic rings. The molecular formula is C15H20ClNO3S. The van der Waals surface area contributed by atoms with Crippen LogP contribution in [0.15, 0.2) is 23.1 Å². The molecule has 0 atom stereocenters. The molecule has 1 aliphatic carbocycles. The van der Waals surface area contributed by atoms with E-state index in [0.717, 1.165) is 0 Å². The van der Waals surface area contributed by atoms with Crippen LogP contribution >= 0.6 is 10.7 Å². The van der Waals surface area contributed by atoms with Crippen molar-refractivity contribution in [1.29, 1.82) is 0 Å². The van der Waals surface area contributed by atoms with Gasteiger partial charge in [0.05, 0.1) is 4.90 Å². The molecule has 116 valence electrons. The van der Waals surface area contributed by atoms with Crippen molar-refractivity contribution in [2.24, 2.45) is 10.8 Å². The lowest BCUT2D eigenvalue weighted by molar-refractivity contribution is 0.0943. The molecule has 0 radical (unpaired) electrons. The van der Waals surface area contributed by atoms with Gasteiger partial charge >= 0.3 is 0 Å². The maximum Gasteiger partial charge on any atom is 0.261 e. The lowest BCUT2D eigenvalue weighted by Crippen LogP contribution is -2.30. The molecule has 1 saturated carbocycles. The van der Waals surface area contributed by atoms with Crippen molar-refractivity contribution < 1.29 is 13.2 Å². The summed E-state index contributed by atoms with van der Waals surface area (Å²) in [6.07, 6.45) is 0. The summed E-state index contributed by atoms with van der Waals surface area (Å²) in [4.78, 5) is 12.4. The second kappa shape index (κ2) is 4.71. The Bertz CT molecular complexity index is 694. The minimum absolute atomic E-state index is 0.0206. The number of rotatable bonds is 3. The van der Waals surface area contributed by atoms with E-state index < -0.39 is 9.05 Å². The molecule has 1 aromatic rings. The quantitative estimate of drug-likeness (QED) is 0.867. The lowest BCUT2D eigenvalue weighted by Gasteiger charge is -2.10. The Balaban J connectivity index is 2.29. The number of halogens is 1. The van der Waals surface area contributed by atoms with Crippen molar-refractivity contribution in [2.75, 3.05) is 0 Å². The molecule has 0 spiro atoms. The summed E-state index contributed by atoms with van der Waals surface area (Å²) < 4.78 is 22.8. The van der Waals surface area contributed by atoms with E-state index in [2.05, 4.69) is 33.0 Å². The second-order valence-electron chi connectivity index (χ2n) is 6.76. The number of aryl methyl sites for hydroxylation is 1. The molecule has 0 bridgehead atoms. The molecule has 2 rings (SSSR count). The van der Waals surface area contributed by atoms with Crippen LogP contribution in [-0.4, -0.2) is 20.4 Å². The van der Waals surface area contributed by atoms with Gasteiger partial charge in [-0.05, 0) is 35.4 Å². The van der Waals surface area contributed by atoms with Crippen molar-refractivity contribution >= 4 is 25.6 Å². The smallest absolute Gasteiger partial charge is 0.261 e. The van der Waals surface area contributed by atoms with Crippen molar-refractivity contribution in [3.8, 4) is 0 Å². The standard InChI is InChI=1S/C15H20ClNO3S/c1-9-6-7-10(21(16,19)20)8-11(9)12(18)17-13-14(2,3)15(13,4)5/h6-8,13H,1-5H3,(H,17,18). The highest BCUT2D eigenvalue weighted by atomic mass is 35.7. The predicted molar refractivity (Wildman–Crippen MR) is 83.0 cm³/mol. The Kier molecular flexibility index (Phi) is 3.66. The Hall–Kier alpha value is -1.07. The van der Waals surface area contributed by atoms with Crippen LogP contribution in [0, 0.1) is 17.8 Å². The Morgan fingerprint density at radius 3 is 2.14 bits per heavy atom. The zero-order valence-electron chi connectivity index (χ0n) is 12.8. The fraction of sp³-hybridized carbons (Fsp3) is 0.533. The molecule has 0 aromatic heterocycles. The molecular weight excluding hydrogens is 310 g/mol. The molecule has 6 heteroatoms. The van der Waals surface area contributed by atoms with Crippen molar-refractivity contribution in [3.05, 3.63) is 29.3 Å². The first-order chi connectivity index (χ1) is 9.39. The molecule has 0 unspecified atom stereocenters. The summed E-state index contributed by atoms with van der Waals surface area (Å²) in [7, 11) is 1.49. The van der Waals surface area contributed by atoms with E-state index in [1.54, 1.807) is 13.0 Å². The summed E-state index contributed by atoms with van der Waals surface area (Å²) in [6, 6.07) is 4.38. The van der Waals surface area contributed by atoms with Crippen LogP contribution in [0.5, 0.6) is 0 Å². The average molecular weight is 330 g/mol. The first-order valence-electron chi connectivity index (χ1n) is 6.75. The van der Waals surface area contributed by atoms with E-state index >= 15 is 0 Å². The third-order valence-electron chi connectivity index (χ3n) is 5.03. The Labute approximate surface area is 130 Å². The van der Waals surface area contributed by atoms with Gasteiger partial charge in [-0.2, -0.15) is 0 Å². The third kappa shape index (κ3) is 2.69. The van der Waals surface area contributed by atoms with Gasteiger partial charge in [0.1, 0.15) is 0 Å². The lowest BCUT2D eigenvalue weighted by atomic mass is 10.0. The van der Waals surface area contributed by atoms with E-state index in [9.17, 15) is 13.2 Å². The largest absolute Gasteiger partial charge is 0.348 e. The summed E-state index contributed by atoms with van der Waals surface area (Å²) in [5.74, 6) is -0.265. The number of carbonyl (C=O) groups excluding carboxylic acids is 1. The van der Waals surface area contributed by atoms with Crippen LogP contribution in [0.25, 0.3) is 0 Å². The van der Waals surface area contributed by atoms with Gasteiger partial charge in [-0.3, -0.25) is 4.79 Å². The van der Waals surface area contributed by atoms with Gasteiger partial charge in [-0.25, -0.2) is 8.42 Å². The van der Waals surface area contributed by atoms with Crippen LogP contribution in [0.2, 0.25) is 0 Å². The van der Waals surface area contributed by atoms with Crippen molar-refractivity contribution in [1.82, 2.24) is 5.32 Å². The fourth-order valence-corrected chi connectivity index (χ4v) is 3.54. The number of amides is 1. The van der Waals surface area contributed by atoms with Gasteiger partial charge in [0.15, 0.2) is 0 Å². The molecule has 1 aromatic carbocycles. The van der Waals surface area contributed by atoms with Gasteiger partial charge in [-0.15, -0.1) is 0 Å². The first-order valence-corrected chi connectivity index (χ1v) is 9.06. The average Bonchev–Trinajstić information content (AvgIpc) is 2.70. The van der Waals surface area contributed by atoms with Crippen LogP contribution in [0.4, 0.5) is 0 Å². The minimum atomic E-state index is -3.84. The first kappa shape index (κ1) is 16.3. The number of nitrogens with one attached hydrogen (secondary N) is 1. The zero-order valence-corrected chi connectivity index (χ0v) is 14.4. The molecule has 21 heavy (non-hydrogen) atoms. The summed E-state index contributed by atoms with van der Waals surface area (Å²) in [5.41, 5.74) is 1.10. The highest BCUT2D eigenvalue weighted by molar-refractivity contribution is 8.13. The number of carbonyl (C=O) groups is 1. The van der Waals surface area contributed by atoms with Crippen LogP contribution in [-0.2, 0) is 9.05 Å². The number of benzene rings is 1. The fourth-order valence-electron chi connectivity index (χ4n) is 2.76. The molecule has 1 amide bonds. The van der Waals surface area contributed by atoms with E-state index in [0.29, 0.717) is 11.1 Å². The van der Waals surface area contributed by atoms with E-state index in [4.69, 9.17) is 10.7 Å². The molecule has 1 fully saturated rings.